The standard InChI is InChI=1S/C23H30O7/c1-12(24)29-18-11-21(3,4)23(27)8-6-14-16(22(23,5)20(18)30-13(2)25)10-17-15(19(14)26)7-9-28-17/h7,9,14,16,18,20,27H,6,8,10-11H2,1-5H3/t14-,16+,18+,20+,22+,23-/m1/s1. The molecule has 7 nitrogen and oxygen atoms in total. The van der Waals surface area contributed by atoms with Gasteiger partial charge in [-0.3, -0.25) is 14.4 Å². The van der Waals surface area contributed by atoms with E-state index in [4.69, 9.17) is 13.9 Å². The summed E-state index contributed by atoms with van der Waals surface area (Å²) in [6.07, 6.45) is 1.71. The minimum absolute atomic E-state index is 0.00673. The van der Waals surface area contributed by atoms with Crippen LogP contribution in [0.25, 0.3) is 0 Å². The van der Waals surface area contributed by atoms with Crippen molar-refractivity contribution in [1.82, 2.24) is 0 Å². The number of rotatable bonds is 2. The van der Waals surface area contributed by atoms with E-state index in [1.807, 2.05) is 20.8 Å². The lowest BCUT2D eigenvalue weighted by molar-refractivity contribution is -0.299. The van der Waals surface area contributed by atoms with Crippen molar-refractivity contribution in [3.63, 3.8) is 0 Å². The molecule has 164 valence electrons. The predicted octanol–water partition coefficient (Wildman–Crippen LogP) is 3.08. The lowest BCUT2D eigenvalue weighted by Crippen LogP contribution is -2.75. The second-order valence-electron chi connectivity index (χ2n) is 9.99. The van der Waals surface area contributed by atoms with E-state index in [1.54, 1.807) is 6.07 Å². The average molecular weight is 418 g/mol. The molecular formula is C23H30O7. The zero-order valence-corrected chi connectivity index (χ0v) is 18.2. The molecule has 0 unspecified atom stereocenters. The number of ether oxygens (including phenoxy) is 2. The van der Waals surface area contributed by atoms with E-state index < -0.39 is 40.6 Å². The summed E-state index contributed by atoms with van der Waals surface area (Å²) < 4.78 is 17.0. The lowest BCUT2D eigenvalue weighted by atomic mass is 9.40. The van der Waals surface area contributed by atoms with Gasteiger partial charge in [0.15, 0.2) is 5.78 Å². The van der Waals surface area contributed by atoms with E-state index in [0.29, 0.717) is 37.0 Å². The molecule has 0 saturated heterocycles. The summed E-state index contributed by atoms with van der Waals surface area (Å²) in [5, 5.41) is 12.2. The van der Waals surface area contributed by atoms with Crippen LogP contribution in [-0.2, 0) is 25.5 Å². The zero-order chi connectivity index (χ0) is 22.1. The number of fused-ring (bicyclic) bond motifs is 4. The quantitative estimate of drug-likeness (QED) is 0.736. The Kier molecular flexibility index (Phi) is 4.69. The van der Waals surface area contributed by atoms with E-state index in [-0.39, 0.29) is 17.6 Å². The number of esters is 2. The molecule has 0 aromatic carbocycles. The molecule has 3 aliphatic rings. The molecule has 0 amide bonds. The van der Waals surface area contributed by atoms with Gasteiger partial charge in [0.1, 0.15) is 18.0 Å². The van der Waals surface area contributed by atoms with Gasteiger partial charge >= 0.3 is 11.9 Å². The number of carbonyl (C=O) groups excluding carboxylic acids is 3. The van der Waals surface area contributed by atoms with Crippen LogP contribution in [0, 0.1) is 22.7 Å². The van der Waals surface area contributed by atoms with Crippen molar-refractivity contribution in [2.24, 2.45) is 22.7 Å². The summed E-state index contributed by atoms with van der Waals surface area (Å²) >= 11 is 0. The van der Waals surface area contributed by atoms with Gasteiger partial charge in [0.25, 0.3) is 0 Å². The van der Waals surface area contributed by atoms with E-state index in [0.717, 1.165) is 0 Å². The van der Waals surface area contributed by atoms with Crippen LogP contribution >= 0.6 is 0 Å². The minimum Gasteiger partial charge on any atom is -0.469 e. The van der Waals surface area contributed by atoms with Crippen molar-refractivity contribution < 1.29 is 33.4 Å². The van der Waals surface area contributed by atoms with Crippen LogP contribution in [0.1, 0.15) is 70.0 Å². The van der Waals surface area contributed by atoms with Crippen molar-refractivity contribution in [3.05, 3.63) is 23.7 Å². The SMILES string of the molecule is CC(=O)O[C@H]1CC(C)(C)[C@]2(O)CC[C@H]3C(=O)c4ccoc4C[C@@H]3[C@@]2(C)[C@H]1OC(C)=O. The van der Waals surface area contributed by atoms with Crippen molar-refractivity contribution in [1.29, 1.82) is 0 Å². The van der Waals surface area contributed by atoms with Crippen LogP contribution in [0.15, 0.2) is 16.7 Å². The first kappa shape index (κ1) is 21.1. The van der Waals surface area contributed by atoms with Gasteiger partial charge in [-0.2, -0.15) is 0 Å². The number of hydrogen-bond donors (Lipinski definition) is 1. The zero-order valence-electron chi connectivity index (χ0n) is 18.2. The normalized spacial score (nSPS) is 39.3. The molecule has 0 spiro atoms. The highest BCUT2D eigenvalue weighted by Gasteiger charge is 2.72. The van der Waals surface area contributed by atoms with Gasteiger partial charge in [-0.25, -0.2) is 0 Å². The fourth-order valence-corrected chi connectivity index (χ4v) is 6.72. The molecule has 30 heavy (non-hydrogen) atoms. The Morgan fingerprint density at radius 1 is 1.17 bits per heavy atom. The maximum Gasteiger partial charge on any atom is 0.303 e. The molecule has 7 heteroatoms. The lowest BCUT2D eigenvalue weighted by Gasteiger charge is -2.67. The number of carbonyl (C=O) groups is 3. The number of hydrogen-bond acceptors (Lipinski definition) is 7. The first-order valence-electron chi connectivity index (χ1n) is 10.6. The molecule has 2 saturated carbocycles. The van der Waals surface area contributed by atoms with Gasteiger partial charge in [0.2, 0.25) is 0 Å². The van der Waals surface area contributed by atoms with Crippen molar-refractivity contribution in [3.8, 4) is 0 Å². The molecular weight excluding hydrogens is 388 g/mol. The molecule has 0 aliphatic heterocycles. The van der Waals surface area contributed by atoms with Gasteiger partial charge < -0.3 is 19.0 Å². The topological polar surface area (TPSA) is 103 Å². The fourth-order valence-electron chi connectivity index (χ4n) is 6.72. The smallest absolute Gasteiger partial charge is 0.303 e. The van der Waals surface area contributed by atoms with Crippen molar-refractivity contribution >= 4 is 17.7 Å². The molecule has 4 rings (SSSR count). The summed E-state index contributed by atoms with van der Waals surface area (Å²) in [4.78, 5) is 37.2. The van der Waals surface area contributed by atoms with Gasteiger partial charge in [0, 0.05) is 31.6 Å². The molecule has 1 aromatic heterocycles. The van der Waals surface area contributed by atoms with E-state index >= 15 is 0 Å². The summed E-state index contributed by atoms with van der Waals surface area (Å²) in [5.74, 6) is -1.01. The van der Waals surface area contributed by atoms with E-state index in [1.165, 1.54) is 20.1 Å². The maximum absolute atomic E-state index is 13.2. The number of aliphatic hydroxyl groups is 1. The number of ketones is 1. The molecule has 0 radical (unpaired) electrons. The second-order valence-corrected chi connectivity index (χ2v) is 9.99. The highest BCUT2D eigenvalue weighted by Crippen LogP contribution is 2.66. The summed E-state index contributed by atoms with van der Waals surface area (Å²) in [6, 6.07) is 1.70. The monoisotopic (exact) mass is 418 g/mol. The highest BCUT2D eigenvalue weighted by molar-refractivity contribution is 6.00. The van der Waals surface area contributed by atoms with Crippen LogP contribution in [0.4, 0.5) is 0 Å². The molecule has 0 bridgehead atoms. The van der Waals surface area contributed by atoms with Crippen LogP contribution < -0.4 is 0 Å². The van der Waals surface area contributed by atoms with E-state index in [9.17, 15) is 19.5 Å². The van der Waals surface area contributed by atoms with Crippen molar-refractivity contribution in [2.45, 2.75) is 78.1 Å². The Balaban J connectivity index is 1.89. The third-order valence-corrected chi connectivity index (χ3v) is 8.09. The molecule has 1 heterocycles. The molecule has 3 aliphatic carbocycles. The van der Waals surface area contributed by atoms with Gasteiger partial charge in [-0.15, -0.1) is 0 Å². The van der Waals surface area contributed by atoms with Gasteiger partial charge in [0.05, 0.1) is 17.4 Å². The first-order chi connectivity index (χ1) is 13.9. The first-order valence-corrected chi connectivity index (χ1v) is 10.6. The molecule has 2 fully saturated rings. The van der Waals surface area contributed by atoms with Crippen molar-refractivity contribution in [2.75, 3.05) is 0 Å². The molecule has 1 N–H and O–H groups in total. The summed E-state index contributed by atoms with van der Waals surface area (Å²) in [7, 11) is 0. The van der Waals surface area contributed by atoms with Crippen LogP contribution in [0.3, 0.4) is 0 Å². The Bertz CT molecular complexity index is 899. The third-order valence-electron chi connectivity index (χ3n) is 8.09. The summed E-state index contributed by atoms with van der Waals surface area (Å²) in [5.41, 5.74) is -2.26. The van der Waals surface area contributed by atoms with Crippen LogP contribution in [0.5, 0.6) is 0 Å². The Morgan fingerprint density at radius 3 is 2.47 bits per heavy atom. The third kappa shape index (κ3) is 2.70. The fraction of sp³-hybridized carbons (Fsp3) is 0.696. The Labute approximate surface area is 176 Å². The van der Waals surface area contributed by atoms with E-state index in [2.05, 4.69) is 0 Å². The molecule has 1 aromatic rings. The predicted molar refractivity (Wildman–Crippen MR) is 106 cm³/mol. The maximum atomic E-state index is 13.2. The summed E-state index contributed by atoms with van der Waals surface area (Å²) in [6.45, 7) is 8.42. The largest absolute Gasteiger partial charge is 0.469 e. The van der Waals surface area contributed by atoms with Crippen LogP contribution in [-0.4, -0.2) is 40.6 Å². The highest BCUT2D eigenvalue weighted by atomic mass is 16.6. The van der Waals surface area contributed by atoms with Gasteiger partial charge in [-0.05, 0) is 36.7 Å². The average Bonchev–Trinajstić information content (AvgIpc) is 3.10. The second kappa shape index (κ2) is 6.67. The molecule has 6 atom stereocenters. The minimum atomic E-state index is -1.22. The number of Topliss-reactive ketones (excluding diaryl/α,β-unsaturated/α-hetero) is 1. The van der Waals surface area contributed by atoms with Gasteiger partial charge in [-0.1, -0.05) is 20.8 Å². The Hall–Kier alpha value is -2.15. The van der Waals surface area contributed by atoms with Crippen LogP contribution in [0.2, 0.25) is 0 Å². The number of furan rings is 1. The Morgan fingerprint density at radius 2 is 1.83 bits per heavy atom.